The normalized spacial score (nSPS) is 58.6. The van der Waals surface area contributed by atoms with Gasteiger partial charge in [-0.15, -0.1) is 0 Å². The Bertz CT molecular complexity index is 847. The molecule has 0 spiro atoms. The number of rotatable bonds is 1. The lowest BCUT2D eigenvalue weighted by molar-refractivity contribution is 0.444. The van der Waals surface area contributed by atoms with E-state index in [1.807, 2.05) is 0 Å². The fourth-order valence-electron chi connectivity index (χ4n) is 0.818. The van der Waals surface area contributed by atoms with Crippen LogP contribution in [0.25, 0.3) is 0 Å². The van der Waals surface area contributed by atoms with Crippen LogP contribution in [0.1, 0.15) is 40.2 Å². The Kier molecular flexibility index (Phi) is 0.588. The maximum atomic E-state index is 8.24. The van der Waals surface area contributed by atoms with Crippen molar-refractivity contribution in [3.8, 4) is 0 Å². The molecule has 0 amide bonds. The molecule has 0 radical (unpaired) electrons. The summed E-state index contributed by atoms with van der Waals surface area (Å²) in [5, 5.41) is 0. The van der Waals surface area contributed by atoms with Crippen molar-refractivity contribution in [2.24, 2.45) is 5.89 Å². The first-order valence-corrected chi connectivity index (χ1v) is 3.66. The van der Waals surface area contributed by atoms with E-state index in [-0.39, 0.29) is 4.90 Å². The zero-order valence-corrected chi connectivity index (χ0v) is 6.97. The minimum atomic E-state index is -3.90. The minimum absolute atomic E-state index is 0.279. The monoisotopic (exact) mass is 206 g/mol. The fraction of sp³-hybridized carbons (Fsp3) is 0.545. The lowest BCUT2D eigenvalue weighted by Crippen LogP contribution is -2.34. The van der Waals surface area contributed by atoms with Crippen molar-refractivity contribution in [1.82, 2.24) is 4.98 Å². The maximum Gasteiger partial charge on any atom is 0.128 e. The smallest absolute Gasteiger partial charge is 0.128 e. The summed E-state index contributed by atoms with van der Waals surface area (Å²) in [6, 6.07) is -1.91. The van der Waals surface area contributed by atoms with Crippen LogP contribution in [-0.4, -0.2) is 18.0 Å². The minimum Gasteiger partial charge on any atom is -0.397 e. The SMILES string of the molecule is [2H]c1nc(N2C([2H])([2H])C([2H])([2H])C([2H])([2H])C([2H])(C([2H])([2H])[2H])C2([2H])[2H])c([2H])c([2H])c1N. The third-order valence-electron chi connectivity index (χ3n) is 1.38. The Balaban J connectivity index is 3.04. The zero-order chi connectivity index (χ0) is 23.2. The molecule has 14 heavy (non-hydrogen) atoms. The second-order valence-electron chi connectivity index (χ2n) is 2.39. The summed E-state index contributed by atoms with van der Waals surface area (Å²) in [7, 11) is 0. The maximum absolute atomic E-state index is 8.24. The van der Waals surface area contributed by atoms with Gasteiger partial charge in [0.2, 0.25) is 0 Å². The summed E-state index contributed by atoms with van der Waals surface area (Å²) in [4.78, 5) is 3.15. The van der Waals surface area contributed by atoms with Gasteiger partial charge < -0.3 is 10.6 Å². The Morgan fingerprint density at radius 2 is 2.79 bits per heavy atom. The summed E-state index contributed by atoms with van der Waals surface area (Å²) >= 11 is 0. The first-order valence-electron chi connectivity index (χ1n) is 11.2. The van der Waals surface area contributed by atoms with Crippen molar-refractivity contribution >= 4 is 11.5 Å². The number of nitrogen functional groups attached to an aromatic ring is 1. The van der Waals surface area contributed by atoms with Crippen LogP contribution in [0, 0.1) is 5.89 Å². The highest BCUT2D eigenvalue weighted by Crippen LogP contribution is 2.21. The molecule has 2 rings (SSSR count). The number of piperidine rings is 1. The van der Waals surface area contributed by atoms with Gasteiger partial charge in [-0.1, -0.05) is 6.85 Å². The third kappa shape index (κ3) is 1.97. The van der Waals surface area contributed by atoms with Gasteiger partial charge >= 0.3 is 0 Å². The Morgan fingerprint density at radius 1 is 1.86 bits per heavy atom. The number of aromatic nitrogens is 1. The Morgan fingerprint density at radius 3 is 3.64 bits per heavy atom. The van der Waals surface area contributed by atoms with Crippen LogP contribution in [0.2, 0.25) is 0 Å². The molecule has 1 saturated heterocycles. The van der Waals surface area contributed by atoms with E-state index >= 15 is 0 Å². The molecule has 76 valence electrons. The average molecular weight is 206 g/mol. The second kappa shape index (κ2) is 3.86. The van der Waals surface area contributed by atoms with Gasteiger partial charge in [-0.2, -0.15) is 0 Å². The molecular weight excluding hydrogens is 174 g/mol. The molecule has 1 aliphatic heterocycles. The van der Waals surface area contributed by atoms with Crippen LogP contribution in [0.5, 0.6) is 0 Å². The second-order valence-corrected chi connectivity index (χ2v) is 2.39. The van der Waals surface area contributed by atoms with Gasteiger partial charge in [-0.25, -0.2) is 4.98 Å². The van der Waals surface area contributed by atoms with Crippen LogP contribution in [0.15, 0.2) is 18.3 Å². The number of pyridine rings is 1. The van der Waals surface area contributed by atoms with Crippen LogP contribution in [-0.2, 0) is 0 Å². The molecule has 0 aromatic carbocycles. The number of hydrogen-bond donors (Lipinski definition) is 1. The zero-order valence-electron chi connectivity index (χ0n) is 22.0. The highest BCUT2D eigenvalue weighted by Gasteiger charge is 2.16. The average Bonchev–Trinajstić information content (AvgIpc) is 2.53. The van der Waals surface area contributed by atoms with Gasteiger partial charge in [-0.3, -0.25) is 0 Å². The van der Waals surface area contributed by atoms with Gasteiger partial charge in [0.1, 0.15) is 5.82 Å². The number of anilines is 2. The first-order chi connectivity index (χ1) is 12.6. The lowest BCUT2D eigenvalue weighted by Gasteiger charge is -2.31. The summed E-state index contributed by atoms with van der Waals surface area (Å²) in [5.41, 5.74) is 4.80. The largest absolute Gasteiger partial charge is 0.397 e. The number of hydrogen-bond acceptors (Lipinski definition) is 3. The summed E-state index contributed by atoms with van der Waals surface area (Å²) in [6.07, 6.45) is -8.58. The first kappa shape index (κ1) is 2.13. The molecule has 2 N–H and O–H groups in total. The topological polar surface area (TPSA) is 42.2 Å². The fourth-order valence-corrected chi connectivity index (χ4v) is 0.818. The number of nitrogens with two attached hydrogens (primary N) is 1. The van der Waals surface area contributed by atoms with E-state index < -0.39 is 68.2 Å². The molecule has 1 atom stereocenters. The van der Waals surface area contributed by atoms with E-state index in [4.69, 9.17) is 26.3 Å². The van der Waals surface area contributed by atoms with Crippen LogP contribution in [0.4, 0.5) is 11.5 Å². The van der Waals surface area contributed by atoms with Gasteiger partial charge in [-0.05, 0) is 30.7 Å². The van der Waals surface area contributed by atoms with Gasteiger partial charge in [0.25, 0.3) is 0 Å². The quantitative estimate of drug-likeness (QED) is 0.763. The highest BCUT2D eigenvalue weighted by molar-refractivity contribution is 5.45. The van der Waals surface area contributed by atoms with Gasteiger partial charge in [0.15, 0.2) is 0 Å². The molecule has 0 bridgehead atoms. The van der Waals surface area contributed by atoms with Crippen molar-refractivity contribution in [3.05, 3.63) is 18.3 Å². The number of nitrogens with zero attached hydrogens (tertiary/aromatic N) is 2. The molecule has 1 fully saturated rings. The van der Waals surface area contributed by atoms with Crippen LogP contribution < -0.4 is 10.6 Å². The predicted octanol–water partition coefficient (Wildman–Crippen LogP) is 1.90. The van der Waals surface area contributed by atoms with Crippen molar-refractivity contribution < 1.29 is 20.6 Å². The van der Waals surface area contributed by atoms with E-state index in [9.17, 15) is 0 Å². The van der Waals surface area contributed by atoms with E-state index in [0.29, 0.717) is 0 Å². The molecule has 1 aromatic rings. The van der Waals surface area contributed by atoms with Gasteiger partial charge in [0, 0.05) is 29.4 Å². The molecule has 3 heteroatoms. The molecule has 2 heterocycles. The van der Waals surface area contributed by atoms with Gasteiger partial charge in [0.05, 0.1) is 16.0 Å². The van der Waals surface area contributed by atoms with Crippen LogP contribution in [0.3, 0.4) is 0 Å². The van der Waals surface area contributed by atoms with E-state index in [2.05, 4.69) is 4.98 Å². The Labute approximate surface area is 106 Å². The molecule has 1 aliphatic rings. The highest BCUT2D eigenvalue weighted by atomic mass is 15.2. The van der Waals surface area contributed by atoms with Crippen molar-refractivity contribution in [2.75, 3.05) is 23.6 Å². The lowest BCUT2D eigenvalue weighted by atomic mass is 10.0. The summed E-state index contributed by atoms with van der Waals surface area (Å²) in [5.74, 6) is -5.05. The van der Waals surface area contributed by atoms with E-state index in [1.165, 1.54) is 0 Å². The van der Waals surface area contributed by atoms with E-state index in [1.54, 1.807) is 0 Å². The van der Waals surface area contributed by atoms with Crippen molar-refractivity contribution in [2.45, 2.75) is 19.6 Å². The molecule has 0 aliphatic carbocycles. The molecule has 0 saturated carbocycles. The molecular formula is C11H17N3. The molecule has 1 aromatic heterocycles. The standard InChI is InChI=1S/C11H17N3/c1-9-3-2-6-14(8-9)11-5-4-10(12)7-13-11/h4-5,7,9H,2-3,6,8,12H2,1H3/i1D3,2D2,3D2,4D,5D,6D2,7D,8D2,9D. The van der Waals surface area contributed by atoms with Crippen molar-refractivity contribution in [3.63, 3.8) is 0 Å². The summed E-state index contributed by atoms with van der Waals surface area (Å²) < 4.78 is 119. The van der Waals surface area contributed by atoms with E-state index in [0.717, 1.165) is 0 Å². The van der Waals surface area contributed by atoms with Crippen LogP contribution >= 0.6 is 0 Å². The molecule has 1 unspecified atom stereocenters. The van der Waals surface area contributed by atoms with Crippen molar-refractivity contribution in [1.29, 1.82) is 0 Å². The third-order valence-corrected chi connectivity index (χ3v) is 1.38. The summed E-state index contributed by atoms with van der Waals surface area (Å²) in [6.45, 7) is -11.3. The Hall–Kier alpha value is -1.25. The molecule has 3 nitrogen and oxygen atoms in total. The predicted molar refractivity (Wildman–Crippen MR) is 59.3 cm³/mol.